The van der Waals surface area contributed by atoms with Crippen molar-refractivity contribution in [1.82, 2.24) is 52.3 Å². The van der Waals surface area contributed by atoms with Crippen LogP contribution in [0.25, 0.3) is 0 Å². The molecule has 2 aliphatic heterocycles. The van der Waals surface area contributed by atoms with E-state index in [-0.39, 0.29) is 57.6 Å². The van der Waals surface area contributed by atoms with Crippen LogP contribution >= 0.6 is 0 Å². The first kappa shape index (κ1) is 67.5. The maximum atomic E-state index is 14.3. The highest BCUT2D eigenvalue weighted by Crippen LogP contribution is 2.21. The third-order valence-corrected chi connectivity index (χ3v) is 14.4. The maximum Gasteiger partial charge on any atom is 0.245 e. The molecule has 17 N–H and O–H groups in total. The lowest BCUT2D eigenvalue weighted by Gasteiger charge is -2.32. The Morgan fingerprint density at radius 1 is 0.564 bits per heavy atom. The molecule has 2 saturated heterocycles. The molecule has 2 aliphatic rings. The second-order valence-electron chi connectivity index (χ2n) is 21.1. The standard InChI is InChI=1S/C51H91N15O12/c1-11-17-31(42(70)62-38(27(6)12-2)47(75)60-33(18-14-23-56-51(54)55)50(78)66-25-16-20-35(66)45(73)57-29(8)41(53)69)59-49(77)40(30(9)67)64-48(76)39(28(7)13-3)63-46(74)37(26(4)5)61-43(71)32(21-22-36(52)68)58-44(72)34-19-15-24-65(34)10/h26-35,37-40,67H,11-25H2,1-10H3,(H2,52,68)(H2,53,69)(H,57,73)(H,58,72)(H,59,77)(H,60,75)(H,61,71)(H,62,70)(H,63,74)(H,64,76)(H4,54,55,56)/t27-,28-,29+,30+,31-,32-,33-,34-,35-,37-,38-,39+,40-/m0/s1. The number of carbonyl (C=O) groups excluding carboxylic acids is 11. The molecule has 0 aromatic carbocycles. The lowest BCUT2D eigenvalue weighted by atomic mass is 9.95. The van der Waals surface area contributed by atoms with Crippen molar-refractivity contribution in [3.05, 3.63) is 0 Å². The summed E-state index contributed by atoms with van der Waals surface area (Å²) in [6.45, 7) is 15.6. The summed E-state index contributed by atoms with van der Waals surface area (Å²) in [5.41, 5.74) is 21.7. The summed E-state index contributed by atoms with van der Waals surface area (Å²) in [5, 5.41) is 32.2. The van der Waals surface area contributed by atoms with E-state index < -0.39 is 149 Å². The molecule has 442 valence electrons. The molecule has 0 aromatic rings. The Balaban J connectivity index is 2.35. The molecule has 0 spiro atoms. The van der Waals surface area contributed by atoms with Crippen LogP contribution in [0.4, 0.5) is 0 Å². The summed E-state index contributed by atoms with van der Waals surface area (Å²) >= 11 is 0. The minimum Gasteiger partial charge on any atom is -0.391 e. The summed E-state index contributed by atoms with van der Waals surface area (Å²) in [5.74, 6) is -9.78. The van der Waals surface area contributed by atoms with E-state index in [2.05, 4.69) is 47.5 Å². The van der Waals surface area contributed by atoms with Crippen molar-refractivity contribution < 1.29 is 57.8 Å². The molecule has 27 nitrogen and oxygen atoms in total. The van der Waals surface area contributed by atoms with Gasteiger partial charge in [0.1, 0.15) is 54.4 Å². The largest absolute Gasteiger partial charge is 0.391 e. The summed E-state index contributed by atoms with van der Waals surface area (Å²) in [6.07, 6.45) is 1.57. The van der Waals surface area contributed by atoms with Crippen LogP contribution in [-0.2, 0) is 52.7 Å². The van der Waals surface area contributed by atoms with E-state index in [1.807, 2.05) is 4.90 Å². The normalized spacial score (nSPS) is 19.6. The van der Waals surface area contributed by atoms with Crippen LogP contribution in [0.1, 0.15) is 139 Å². The molecular weight excluding hydrogens is 1010 g/mol. The van der Waals surface area contributed by atoms with Gasteiger partial charge in [0.2, 0.25) is 65.0 Å². The van der Waals surface area contributed by atoms with E-state index in [4.69, 9.17) is 22.9 Å². The van der Waals surface area contributed by atoms with Crippen molar-refractivity contribution in [1.29, 1.82) is 0 Å². The first-order valence-corrected chi connectivity index (χ1v) is 27.3. The number of primary amides is 2. The van der Waals surface area contributed by atoms with Crippen molar-refractivity contribution >= 4 is 70.9 Å². The third-order valence-electron chi connectivity index (χ3n) is 14.4. The quantitative estimate of drug-likeness (QED) is 0.0174. The number of hydrogen-bond donors (Lipinski definition) is 13. The number of nitrogens with one attached hydrogen (secondary N) is 8. The van der Waals surface area contributed by atoms with E-state index in [9.17, 15) is 57.8 Å². The van der Waals surface area contributed by atoms with Gasteiger partial charge in [-0.1, -0.05) is 67.7 Å². The fourth-order valence-electron chi connectivity index (χ4n) is 9.13. The zero-order chi connectivity index (χ0) is 59.1. The predicted molar refractivity (Wildman–Crippen MR) is 289 cm³/mol. The molecule has 78 heavy (non-hydrogen) atoms. The van der Waals surface area contributed by atoms with E-state index in [0.717, 1.165) is 6.42 Å². The topological polar surface area (TPSA) is 427 Å². The Hall–Kier alpha value is -6.64. The summed E-state index contributed by atoms with van der Waals surface area (Å²) in [4.78, 5) is 156. The number of likely N-dealkylation sites (tertiary alicyclic amines) is 2. The van der Waals surface area contributed by atoms with E-state index in [1.165, 1.54) is 18.7 Å². The first-order valence-electron chi connectivity index (χ1n) is 27.3. The number of likely N-dealkylation sites (N-methyl/N-ethyl adjacent to an activating group) is 1. The fourth-order valence-corrected chi connectivity index (χ4v) is 9.13. The highest BCUT2D eigenvalue weighted by molar-refractivity contribution is 5.99. The second-order valence-corrected chi connectivity index (χ2v) is 21.1. The SMILES string of the molecule is CCC[C@H](NC(=O)[C@@H](NC(=O)[C@H](NC(=O)[C@@H](NC(=O)[C@H](CCC(N)=O)NC(=O)[C@@H]1CCCN1C)C(C)C)[C@@H](C)CC)[C@@H](C)O)C(=O)N[C@H](C(=O)N[C@@H](CCCN=C(N)N)C(=O)N1CCC[C@H]1C(=O)N[C@H](C)C(N)=O)[C@@H](C)CC. The van der Waals surface area contributed by atoms with Crippen molar-refractivity contribution in [2.24, 2.45) is 45.7 Å². The van der Waals surface area contributed by atoms with Crippen LogP contribution in [0.3, 0.4) is 0 Å². The van der Waals surface area contributed by atoms with Crippen LogP contribution in [0.5, 0.6) is 0 Å². The molecule has 0 bridgehead atoms. The van der Waals surface area contributed by atoms with E-state index >= 15 is 0 Å². The molecule has 27 heteroatoms. The molecule has 2 rings (SSSR count). The van der Waals surface area contributed by atoms with Gasteiger partial charge in [0, 0.05) is 19.5 Å². The van der Waals surface area contributed by atoms with Gasteiger partial charge in [-0.2, -0.15) is 0 Å². The van der Waals surface area contributed by atoms with Gasteiger partial charge < -0.3 is 75.5 Å². The fraction of sp³-hybridized carbons (Fsp3) is 0.765. The Kier molecular flexibility index (Phi) is 28.5. The Labute approximate surface area is 458 Å². The maximum absolute atomic E-state index is 14.3. The molecule has 0 saturated carbocycles. The summed E-state index contributed by atoms with van der Waals surface area (Å²) < 4.78 is 0. The molecular formula is C51H91N15O12. The number of rotatable bonds is 33. The second kappa shape index (κ2) is 32.9. The van der Waals surface area contributed by atoms with Crippen molar-refractivity contribution in [3.8, 4) is 0 Å². The van der Waals surface area contributed by atoms with Crippen LogP contribution in [0.15, 0.2) is 4.99 Å². The van der Waals surface area contributed by atoms with Crippen molar-refractivity contribution in [2.45, 2.75) is 206 Å². The highest BCUT2D eigenvalue weighted by atomic mass is 16.3. The molecule has 0 radical (unpaired) electrons. The van der Waals surface area contributed by atoms with Gasteiger partial charge in [0.05, 0.1) is 12.1 Å². The third kappa shape index (κ3) is 21.0. The monoisotopic (exact) mass is 1110 g/mol. The van der Waals surface area contributed by atoms with Crippen molar-refractivity contribution in [2.75, 3.05) is 26.7 Å². The Morgan fingerprint density at radius 2 is 1.04 bits per heavy atom. The lowest BCUT2D eigenvalue weighted by Crippen LogP contribution is -2.63. The molecule has 2 fully saturated rings. The van der Waals surface area contributed by atoms with Gasteiger partial charge in [0.15, 0.2) is 5.96 Å². The number of nitrogens with zero attached hydrogens (tertiary/aromatic N) is 3. The van der Waals surface area contributed by atoms with Crippen LogP contribution in [-0.4, -0.2) is 179 Å². The molecule has 2 heterocycles. The number of carbonyl (C=O) groups is 11. The van der Waals surface area contributed by atoms with E-state index in [1.54, 1.807) is 55.5 Å². The molecule has 13 atom stereocenters. The lowest BCUT2D eigenvalue weighted by molar-refractivity contribution is -0.142. The van der Waals surface area contributed by atoms with Gasteiger partial charge in [-0.05, 0) is 96.6 Å². The number of guanidine groups is 1. The Morgan fingerprint density at radius 3 is 1.54 bits per heavy atom. The van der Waals surface area contributed by atoms with Gasteiger partial charge in [-0.3, -0.25) is 62.6 Å². The molecule has 11 amide bonds. The van der Waals surface area contributed by atoms with Crippen LogP contribution in [0, 0.1) is 17.8 Å². The molecule has 0 unspecified atom stereocenters. The van der Waals surface area contributed by atoms with Crippen molar-refractivity contribution in [3.63, 3.8) is 0 Å². The van der Waals surface area contributed by atoms with Crippen LogP contribution in [0.2, 0.25) is 0 Å². The average molecular weight is 1110 g/mol. The number of aliphatic hydroxyl groups excluding tert-OH is 1. The number of nitrogens with two attached hydrogens (primary N) is 4. The highest BCUT2D eigenvalue weighted by Gasteiger charge is 2.41. The van der Waals surface area contributed by atoms with E-state index in [0.29, 0.717) is 38.6 Å². The van der Waals surface area contributed by atoms with Gasteiger partial charge in [-0.25, -0.2) is 0 Å². The van der Waals surface area contributed by atoms with Gasteiger partial charge in [0.25, 0.3) is 0 Å². The first-order chi connectivity index (χ1) is 36.6. The van der Waals surface area contributed by atoms with Gasteiger partial charge >= 0.3 is 0 Å². The number of hydrogen-bond acceptors (Lipinski definition) is 14. The number of amides is 11. The number of aliphatic hydroxyl groups is 1. The zero-order valence-corrected chi connectivity index (χ0v) is 47.3. The Bertz CT molecular complexity index is 2120. The summed E-state index contributed by atoms with van der Waals surface area (Å²) in [7, 11) is 1.78. The molecule has 0 aliphatic carbocycles. The number of aliphatic imine (C=N–C) groups is 1. The zero-order valence-electron chi connectivity index (χ0n) is 47.3. The smallest absolute Gasteiger partial charge is 0.245 e. The predicted octanol–water partition coefficient (Wildman–Crippen LogP) is -3.30. The summed E-state index contributed by atoms with van der Waals surface area (Å²) in [6, 6.07) is -11.7. The minimum absolute atomic E-state index is 0.0299. The average Bonchev–Trinajstić information content (AvgIpc) is 4.06. The minimum atomic E-state index is -1.67. The molecule has 0 aromatic heterocycles. The van der Waals surface area contributed by atoms with Crippen LogP contribution < -0.4 is 65.5 Å². The van der Waals surface area contributed by atoms with Gasteiger partial charge in [-0.15, -0.1) is 0 Å².